The van der Waals surface area contributed by atoms with E-state index in [2.05, 4.69) is 55.7 Å². The molecule has 142 valence electrons. The molecule has 0 bridgehead atoms. The predicted molar refractivity (Wildman–Crippen MR) is 105 cm³/mol. The highest BCUT2D eigenvalue weighted by molar-refractivity contribution is 5.85. The maximum Gasteiger partial charge on any atom is 0.220 e. The van der Waals surface area contributed by atoms with E-state index in [0.717, 1.165) is 25.9 Å². The molecule has 0 spiro atoms. The van der Waals surface area contributed by atoms with Gasteiger partial charge in [-0.3, -0.25) is 4.79 Å². The van der Waals surface area contributed by atoms with Crippen LogP contribution < -0.4 is 10.6 Å². The number of amides is 1. The van der Waals surface area contributed by atoms with Crippen molar-refractivity contribution in [2.24, 2.45) is 5.41 Å². The zero-order valence-electron chi connectivity index (χ0n) is 16.0. The van der Waals surface area contributed by atoms with Gasteiger partial charge in [-0.15, -0.1) is 12.4 Å². The van der Waals surface area contributed by atoms with Crippen molar-refractivity contribution in [1.82, 2.24) is 10.6 Å². The molecule has 1 heterocycles. The van der Waals surface area contributed by atoms with Gasteiger partial charge < -0.3 is 15.4 Å². The van der Waals surface area contributed by atoms with E-state index in [0.29, 0.717) is 19.6 Å². The Morgan fingerprint density at radius 3 is 2.40 bits per heavy atom. The van der Waals surface area contributed by atoms with E-state index in [9.17, 15) is 4.79 Å². The van der Waals surface area contributed by atoms with E-state index in [1.807, 2.05) is 0 Å². The summed E-state index contributed by atoms with van der Waals surface area (Å²) < 4.78 is 5.42. The van der Waals surface area contributed by atoms with Crippen LogP contribution in [-0.2, 0) is 14.9 Å². The number of piperidine rings is 1. The standard InChI is InChI=1S/C20H32N2O2.ClH/c1-16-5-7-17(8-6-16)19(2,3)13-18(23)22-14-20(15-24-4)9-11-21-12-10-20;/h5-8,21H,9-15H2,1-4H3,(H,22,23);1H. The van der Waals surface area contributed by atoms with Crippen molar-refractivity contribution in [3.63, 3.8) is 0 Å². The number of hydrogen-bond donors (Lipinski definition) is 2. The highest BCUT2D eigenvalue weighted by atomic mass is 35.5. The van der Waals surface area contributed by atoms with Crippen LogP contribution in [0.15, 0.2) is 24.3 Å². The van der Waals surface area contributed by atoms with Crippen molar-refractivity contribution >= 4 is 18.3 Å². The molecule has 1 aliphatic rings. The lowest BCUT2D eigenvalue weighted by Gasteiger charge is -2.37. The van der Waals surface area contributed by atoms with E-state index < -0.39 is 0 Å². The third-order valence-corrected chi connectivity index (χ3v) is 5.21. The molecule has 0 radical (unpaired) electrons. The van der Waals surface area contributed by atoms with Crippen molar-refractivity contribution in [2.75, 3.05) is 33.4 Å². The summed E-state index contributed by atoms with van der Waals surface area (Å²) in [4.78, 5) is 12.5. The molecule has 0 atom stereocenters. The van der Waals surface area contributed by atoms with Crippen LogP contribution in [0.1, 0.15) is 44.2 Å². The number of nitrogens with one attached hydrogen (secondary N) is 2. The quantitative estimate of drug-likeness (QED) is 0.776. The molecule has 0 unspecified atom stereocenters. The second-order valence-corrected chi connectivity index (χ2v) is 7.89. The summed E-state index contributed by atoms with van der Waals surface area (Å²) in [7, 11) is 1.74. The second kappa shape index (κ2) is 9.56. The topological polar surface area (TPSA) is 50.4 Å². The first-order valence-electron chi connectivity index (χ1n) is 8.90. The molecule has 5 heteroatoms. The number of carbonyl (C=O) groups excluding carboxylic acids is 1. The van der Waals surface area contributed by atoms with Gasteiger partial charge in [-0.25, -0.2) is 0 Å². The van der Waals surface area contributed by atoms with Gasteiger partial charge >= 0.3 is 0 Å². The average Bonchev–Trinajstić information content (AvgIpc) is 2.54. The second-order valence-electron chi connectivity index (χ2n) is 7.89. The number of methoxy groups -OCH3 is 1. The summed E-state index contributed by atoms with van der Waals surface area (Å²) in [6.45, 7) is 9.74. The Balaban J connectivity index is 0.00000312. The van der Waals surface area contributed by atoms with Crippen molar-refractivity contribution < 1.29 is 9.53 Å². The van der Waals surface area contributed by atoms with Crippen molar-refractivity contribution in [3.05, 3.63) is 35.4 Å². The van der Waals surface area contributed by atoms with Gasteiger partial charge in [-0.1, -0.05) is 43.7 Å². The van der Waals surface area contributed by atoms with Crippen LogP contribution in [0.25, 0.3) is 0 Å². The highest BCUT2D eigenvalue weighted by Crippen LogP contribution is 2.30. The Bertz CT molecular complexity index is 532. The lowest BCUT2D eigenvalue weighted by Crippen LogP contribution is -2.47. The number of halogens is 1. The lowest BCUT2D eigenvalue weighted by atomic mass is 9.78. The minimum absolute atomic E-state index is 0. The van der Waals surface area contributed by atoms with Crippen molar-refractivity contribution in [1.29, 1.82) is 0 Å². The summed E-state index contributed by atoms with van der Waals surface area (Å²) in [5.41, 5.74) is 2.35. The van der Waals surface area contributed by atoms with Crippen LogP contribution in [0.4, 0.5) is 0 Å². The van der Waals surface area contributed by atoms with Crippen molar-refractivity contribution in [2.45, 2.75) is 45.4 Å². The number of benzene rings is 1. The third-order valence-electron chi connectivity index (χ3n) is 5.21. The molecule has 1 saturated heterocycles. The van der Waals surface area contributed by atoms with E-state index in [4.69, 9.17) is 4.74 Å². The van der Waals surface area contributed by atoms with Crippen LogP contribution in [0, 0.1) is 12.3 Å². The van der Waals surface area contributed by atoms with Gasteiger partial charge in [-0.2, -0.15) is 0 Å². The van der Waals surface area contributed by atoms with Crippen molar-refractivity contribution in [3.8, 4) is 0 Å². The number of carbonyl (C=O) groups is 1. The fourth-order valence-corrected chi connectivity index (χ4v) is 3.49. The molecule has 1 amide bonds. The molecule has 25 heavy (non-hydrogen) atoms. The smallest absolute Gasteiger partial charge is 0.220 e. The first-order chi connectivity index (χ1) is 11.4. The molecule has 1 aliphatic heterocycles. The van der Waals surface area contributed by atoms with Gasteiger partial charge in [0.15, 0.2) is 0 Å². The minimum Gasteiger partial charge on any atom is -0.384 e. The molecular weight excluding hydrogens is 336 g/mol. The zero-order chi connectivity index (χ0) is 17.6. The normalized spacial score (nSPS) is 16.8. The summed E-state index contributed by atoms with van der Waals surface area (Å²) in [5, 5.41) is 6.55. The maximum atomic E-state index is 12.5. The van der Waals surface area contributed by atoms with Gasteiger partial charge in [0.25, 0.3) is 0 Å². The van der Waals surface area contributed by atoms with E-state index in [-0.39, 0.29) is 29.1 Å². The van der Waals surface area contributed by atoms with Gasteiger partial charge in [0.05, 0.1) is 6.61 Å². The Kier molecular flexibility index (Phi) is 8.39. The molecule has 0 saturated carbocycles. The van der Waals surface area contributed by atoms with Crippen LogP contribution >= 0.6 is 12.4 Å². The molecular formula is C20H33ClN2O2. The Hall–Kier alpha value is -1.10. The monoisotopic (exact) mass is 368 g/mol. The molecule has 2 rings (SSSR count). The van der Waals surface area contributed by atoms with Crippen LogP contribution in [0.3, 0.4) is 0 Å². The number of rotatable bonds is 7. The average molecular weight is 369 g/mol. The number of hydrogen-bond acceptors (Lipinski definition) is 3. The Morgan fingerprint density at radius 2 is 1.84 bits per heavy atom. The Labute approximate surface area is 158 Å². The predicted octanol–water partition coefficient (Wildman–Crippen LogP) is 3.22. The number of ether oxygens (including phenoxy) is 1. The minimum atomic E-state index is -0.166. The van der Waals surface area contributed by atoms with E-state index in [1.165, 1.54) is 11.1 Å². The summed E-state index contributed by atoms with van der Waals surface area (Å²) in [6, 6.07) is 8.47. The lowest BCUT2D eigenvalue weighted by molar-refractivity contribution is -0.123. The fourth-order valence-electron chi connectivity index (χ4n) is 3.49. The number of aryl methyl sites for hydroxylation is 1. The molecule has 1 fully saturated rings. The molecule has 1 aromatic carbocycles. The third kappa shape index (κ3) is 6.28. The summed E-state index contributed by atoms with van der Waals surface area (Å²) in [5.74, 6) is 0.120. The fraction of sp³-hybridized carbons (Fsp3) is 0.650. The molecule has 2 N–H and O–H groups in total. The first-order valence-corrected chi connectivity index (χ1v) is 8.90. The zero-order valence-corrected chi connectivity index (χ0v) is 16.8. The Morgan fingerprint density at radius 1 is 1.24 bits per heavy atom. The van der Waals surface area contributed by atoms with E-state index >= 15 is 0 Å². The SMILES string of the molecule is COCC1(CNC(=O)CC(C)(C)c2ccc(C)cc2)CCNCC1.Cl. The summed E-state index contributed by atoms with van der Waals surface area (Å²) in [6.07, 6.45) is 2.59. The van der Waals surface area contributed by atoms with Gasteiger partial charge in [0, 0.05) is 25.5 Å². The van der Waals surface area contributed by atoms with Gasteiger partial charge in [0.1, 0.15) is 0 Å². The van der Waals surface area contributed by atoms with E-state index in [1.54, 1.807) is 7.11 Å². The highest BCUT2D eigenvalue weighted by Gasteiger charge is 2.33. The molecule has 0 aromatic heterocycles. The summed E-state index contributed by atoms with van der Waals surface area (Å²) >= 11 is 0. The maximum absolute atomic E-state index is 12.5. The molecule has 0 aliphatic carbocycles. The van der Waals surface area contributed by atoms with Crippen LogP contribution in [-0.4, -0.2) is 39.3 Å². The van der Waals surface area contributed by atoms with Crippen LogP contribution in [0.2, 0.25) is 0 Å². The largest absolute Gasteiger partial charge is 0.384 e. The molecule has 1 aromatic rings. The van der Waals surface area contributed by atoms with Crippen LogP contribution in [0.5, 0.6) is 0 Å². The first kappa shape index (κ1) is 21.9. The molecule has 4 nitrogen and oxygen atoms in total. The van der Waals surface area contributed by atoms with Gasteiger partial charge in [-0.05, 0) is 43.8 Å². The van der Waals surface area contributed by atoms with Gasteiger partial charge in [0.2, 0.25) is 5.91 Å².